The number of aliphatic hydroxyl groups is 2. The molecule has 0 bridgehead atoms. The maximum absolute atomic E-state index is 9.40. The molecule has 0 amide bonds. The molecule has 66 valence electrons. The molecule has 1 saturated carbocycles. The minimum atomic E-state index is -0.103. The van der Waals surface area contributed by atoms with Crippen molar-refractivity contribution in [3.63, 3.8) is 0 Å². The van der Waals surface area contributed by atoms with E-state index < -0.39 is 0 Å². The van der Waals surface area contributed by atoms with Crippen LogP contribution in [0.25, 0.3) is 0 Å². The number of aliphatic hydroxyl groups excluding tert-OH is 2. The Morgan fingerprint density at radius 2 is 2.00 bits per heavy atom. The molecule has 2 heteroatoms. The van der Waals surface area contributed by atoms with Crippen LogP contribution in [0, 0.1) is 5.92 Å². The van der Waals surface area contributed by atoms with Crippen LogP contribution in [0.4, 0.5) is 0 Å². The minimum absolute atomic E-state index is 0.103. The molecule has 1 unspecified atom stereocenters. The summed E-state index contributed by atoms with van der Waals surface area (Å²) in [5.41, 5.74) is 0. The molecule has 0 aromatic heterocycles. The Bertz CT molecular complexity index is 99.7. The molecule has 1 atom stereocenters. The Morgan fingerprint density at radius 1 is 1.27 bits per heavy atom. The van der Waals surface area contributed by atoms with Crippen molar-refractivity contribution in [3.8, 4) is 0 Å². The van der Waals surface area contributed by atoms with Crippen LogP contribution in [0.5, 0.6) is 0 Å². The fourth-order valence-electron chi connectivity index (χ4n) is 1.35. The molecule has 1 rings (SSSR count). The van der Waals surface area contributed by atoms with Crippen LogP contribution in [0.1, 0.15) is 38.5 Å². The Balaban J connectivity index is 1.87. The monoisotopic (exact) mass is 158 g/mol. The van der Waals surface area contributed by atoms with Gasteiger partial charge in [0.25, 0.3) is 0 Å². The van der Waals surface area contributed by atoms with E-state index in [1.165, 1.54) is 12.8 Å². The zero-order valence-corrected chi connectivity index (χ0v) is 7.00. The fraction of sp³-hybridized carbons (Fsp3) is 1.00. The zero-order valence-electron chi connectivity index (χ0n) is 7.00. The third kappa shape index (κ3) is 4.38. The fourth-order valence-corrected chi connectivity index (χ4v) is 1.35. The predicted octanol–water partition coefficient (Wildman–Crippen LogP) is 1.31. The van der Waals surface area contributed by atoms with E-state index >= 15 is 0 Å². The van der Waals surface area contributed by atoms with Gasteiger partial charge in [0.2, 0.25) is 0 Å². The highest BCUT2D eigenvalue weighted by Gasteiger charge is 2.23. The van der Waals surface area contributed by atoms with Crippen molar-refractivity contribution < 1.29 is 10.2 Å². The van der Waals surface area contributed by atoms with Gasteiger partial charge in [-0.25, -0.2) is 0 Å². The van der Waals surface area contributed by atoms with E-state index in [1.54, 1.807) is 0 Å². The summed E-state index contributed by atoms with van der Waals surface area (Å²) in [5, 5.41) is 17.9. The molecule has 2 N–H and O–H groups in total. The second-order valence-corrected chi connectivity index (χ2v) is 3.55. The van der Waals surface area contributed by atoms with Crippen molar-refractivity contribution in [3.05, 3.63) is 0 Å². The number of hydrogen-bond donors (Lipinski definition) is 2. The van der Waals surface area contributed by atoms with Crippen molar-refractivity contribution in [2.45, 2.75) is 44.6 Å². The van der Waals surface area contributed by atoms with Crippen molar-refractivity contribution in [1.29, 1.82) is 0 Å². The highest BCUT2D eigenvalue weighted by molar-refractivity contribution is 4.76. The second kappa shape index (κ2) is 4.73. The Hall–Kier alpha value is -0.0800. The van der Waals surface area contributed by atoms with Gasteiger partial charge in [0, 0.05) is 6.61 Å². The first kappa shape index (κ1) is 9.01. The molecular weight excluding hydrogens is 140 g/mol. The number of rotatable bonds is 6. The van der Waals surface area contributed by atoms with Gasteiger partial charge in [0.1, 0.15) is 0 Å². The van der Waals surface area contributed by atoms with Gasteiger partial charge in [0.05, 0.1) is 6.10 Å². The third-order valence-corrected chi connectivity index (χ3v) is 2.25. The van der Waals surface area contributed by atoms with E-state index in [4.69, 9.17) is 5.11 Å². The van der Waals surface area contributed by atoms with E-state index in [0.29, 0.717) is 0 Å². The summed E-state index contributed by atoms with van der Waals surface area (Å²) in [5.74, 6) is 0.819. The van der Waals surface area contributed by atoms with E-state index in [-0.39, 0.29) is 12.7 Å². The molecule has 0 saturated heterocycles. The van der Waals surface area contributed by atoms with Crippen LogP contribution in [0.3, 0.4) is 0 Å². The van der Waals surface area contributed by atoms with Crippen molar-refractivity contribution in [2.24, 2.45) is 5.92 Å². The lowest BCUT2D eigenvalue weighted by molar-refractivity contribution is 0.141. The van der Waals surface area contributed by atoms with Gasteiger partial charge in [-0.15, -0.1) is 0 Å². The van der Waals surface area contributed by atoms with Gasteiger partial charge in [-0.3, -0.25) is 0 Å². The van der Waals surface area contributed by atoms with Gasteiger partial charge < -0.3 is 10.2 Å². The maximum atomic E-state index is 9.40. The molecule has 1 fully saturated rings. The molecule has 0 aliphatic heterocycles. The summed E-state index contributed by atoms with van der Waals surface area (Å²) in [4.78, 5) is 0. The lowest BCUT2D eigenvalue weighted by atomic mass is 10.1. The van der Waals surface area contributed by atoms with E-state index in [0.717, 1.165) is 31.6 Å². The topological polar surface area (TPSA) is 40.5 Å². The molecule has 0 spiro atoms. The summed E-state index contributed by atoms with van der Waals surface area (Å²) in [6.07, 6.45) is 6.19. The van der Waals surface area contributed by atoms with Crippen LogP contribution < -0.4 is 0 Å². The summed E-state index contributed by atoms with van der Waals surface area (Å²) >= 11 is 0. The van der Waals surface area contributed by atoms with Crippen LogP contribution >= 0.6 is 0 Å². The molecule has 1 aliphatic rings. The van der Waals surface area contributed by atoms with Gasteiger partial charge >= 0.3 is 0 Å². The summed E-state index contributed by atoms with van der Waals surface area (Å²) < 4.78 is 0. The molecular formula is C9H18O2. The van der Waals surface area contributed by atoms with Crippen molar-refractivity contribution in [2.75, 3.05) is 6.61 Å². The Kier molecular flexibility index (Phi) is 3.87. The summed E-state index contributed by atoms with van der Waals surface area (Å²) in [6.45, 7) is 0.260. The first-order valence-electron chi connectivity index (χ1n) is 4.62. The lowest BCUT2D eigenvalue weighted by Gasteiger charge is -2.07. The van der Waals surface area contributed by atoms with Crippen molar-refractivity contribution >= 4 is 0 Å². The van der Waals surface area contributed by atoms with E-state index in [1.807, 2.05) is 0 Å². The van der Waals surface area contributed by atoms with Crippen LogP contribution in [0.2, 0.25) is 0 Å². The van der Waals surface area contributed by atoms with Gasteiger partial charge in [-0.2, -0.15) is 0 Å². The summed E-state index contributed by atoms with van der Waals surface area (Å²) in [7, 11) is 0. The van der Waals surface area contributed by atoms with E-state index in [9.17, 15) is 5.11 Å². The molecule has 0 aromatic carbocycles. The first-order chi connectivity index (χ1) is 5.33. The normalized spacial score (nSPS) is 20.2. The van der Waals surface area contributed by atoms with E-state index in [2.05, 4.69) is 0 Å². The smallest absolute Gasteiger partial charge is 0.0543 e. The Morgan fingerprint density at radius 3 is 2.55 bits per heavy atom. The quantitative estimate of drug-likeness (QED) is 0.572. The van der Waals surface area contributed by atoms with Gasteiger partial charge in [-0.1, -0.05) is 12.8 Å². The molecule has 0 aromatic rings. The molecule has 1 aliphatic carbocycles. The summed E-state index contributed by atoms with van der Waals surface area (Å²) in [6, 6.07) is 0. The lowest BCUT2D eigenvalue weighted by Crippen LogP contribution is -2.07. The standard InChI is InChI=1S/C9H18O2/c10-6-2-1-3-9(11)7-8-4-5-8/h8-11H,1-7H2. The number of unbranched alkanes of at least 4 members (excludes halogenated alkanes) is 1. The highest BCUT2D eigenvalue weighted by Crippen LogP contribution is 2.34. The van der Waals surface area contributed by atoms with Crippen LogP contribution in [-0.2, 0) is 0 Å². The molecule has 2 nitrogen and oxygen atoms in total. The van der Waals surface area contributed by atoms with Crippen LogP contribution in [-0.4, -0.2) is 22.9 Å². The first-order valence-corrected chi connectivity index (χ1v) is 4.62. The molecule has 0 radical (unpaired) electrons. The van der Waals surface area contributed by atoms with Gasteiger partial charge in [0.15, 0.2) is 0 Å². The SMILES string of the molecule is OCCCCC(O)CC1CC1. The van der Waals surface area contributed by atoms with Gasteiger partial charge in [-0.05, 0) is 31.6 Å². The second-order valence-electron chi connectivity index (χ2n) is 3.55. The average Bonchev–Trinajstić information content (AvgIpc) is 2.72. The third-order valence-electron chi connectivity index (χ3n) is 2.25. The zero-order chi connectivity index (χ0) is 8.10. The Labute approximate surface area is 68.2 Å². The average molecular weight is 158 g/mol. The van der Waals surface area contributed by atoms with Crippen LogP contribution in [0.15, 0.2) is 0 Å². The minimum Gasteiger partial charge on any atom is -0.396 e. The predicted molar refractivity (Wildman–Crippen MR) is 44.3 cm³/mol. The van der Waals surface area contributed by atoms with Crippen molar-refractivity contribution in [1.82, 2.24) is 0 Å². The molecule has 0 heterocycles. The number of hydrogen-bond acceptors (Lipinski definition) is 2. The molecule has 11 heavy (non-hydrogen) atoms. The maximum Gasteiger partial charge on any atom is 0.0543 e. The largest absolute Gasteiger partial charge is 0.396 e. The highest BCUT2D eigenvalue weighted by atomic mass is 16.3.